The molecule has 6 heteroatoms. The Morgan fingerprint density at radius 3 is 2.52 bits per heavy atom. The summed E-state index contributed by atoms with van der Waals surface area (Å²) in [5.41, 5.74) is 1.87. The van der Waals surface area contributed by atoms with E-state index in [2.05, 4.69) is 0 Å². The highest BCUT2D eigenvalue weighted by molar-refractivity contribution is 6.46. The molecule has 3 aromatic rings. The van der Waals surface area contributed by atoms with Crippen LogP contribution in [-0.2, 0) is 4.74 Å². The third-order valence-corrected chi connectivity index (χ3v) is 3.80. The molecule has 0 aliphatic rings. The molecule has 0 fully saturated rings. The van der Waals surface area contributed by atoms with Gasteiger partial charge in [0.25, 0.3) is 0 Å². The van der Waals surface area contributed by atoms with E-state index in [-0.39, 0.29) is 13.3 Å². The molecule has 128 valence electrons. The largest absolute Gasteiger partial charge is 0.448 e. The maximum atomic E-state index is 13.6. The summed E-state index contributed by atoms with van der Waals surface area (Å²) in [5.74, 6) is -0.330. The molecule has 0 unspecified atom stereocenters. The fourth-order valence-corrected chi connectivity index (χ4v) is 2.83. The van der Waals surface area contributed by atoms with Crippen LogP contribution < -0.4 is 5.59 Å². The van der Waals surface area contributed by atoms with E-state index in [0.717, 1.165) is 10.9 Å². The van der Waals surface area contributed by atoms with Crippen LogP contribution in [-0.4, -0.2) is 28.8 Å². The minimum atomic E-state index is -0.652. The molecule has 2 aromatic carbocycles. The highest BCUT2D eigenvalue weighted by Crippen LogP contribution is 2.29. The predicted molar refractivity (Wildman–Crippen MR) is 98.0 cm³/mol. The Kier molecular flexibility index (Phi) is 4.39. The van der Waals surface area contributed by atoms with Crippen molar-refractivity contribution in [3.8, 4) is 11.1 Å². The van der Waals surface area contributed by atoms with Gasteiger partial charge in [0.15, 0.2) is 0 Å². The smallest absolute Gasteiger partial charge is 0.418 e. The fourth-order valence-electron chi connectivity index (χ4n) is 2.83. The molecule has 0 spiro atoms. The molecule has 4 nitrogen and oxygen atoms in total. The molecule has 0 aliphatic heterocycles. The Morgan fingerprint density at radius 1 is 1.16 bits per heavy atom. The van der Waals surface area contributed by atoms with Crippen LogP contribution in [0, 0.1) is 5.82 Å². The molecule has 1 heterocycles. The minimum Gasteiger partial charge on any atom is -0.448 e. The van der Waals surface area contributed by atoms with Crippen LogP contribution in [0.25, 0.3) is 22.0 Å². The molecular formula is C19H19BFNO3. The first-order chi connectivity index (χ1) is 11.8. The topological polar surface area (TPSA) is 51.5 Å². The maximum Gasteiger partial charge on any atom is 0.418 e. The number of carbonyl (C=O) groups is 1. The first-order valence-electron chi connectivity index (χ1n) is 8.03. The first-order valence-corrected chi connectivity index (χ1v) is 8.03. The monoisotopic (exact) mass is 339 g/mol. The number of carbonyl (C=O) groups excluding carboxylic acids is 1. The van der Waals surface area contributed by atoms with E-state index in [1.807, 2.05) is 6.07 Å². The number of rotatable bonds is 2. The fraction of sp³-hybridized carbons (Fsp3) is 0.211. The second kappa shape index (κ2) is 6.37. The van der Waals surface area contributed by atoms with E-state index in [1.165, 1.54) is 16.7 Å². The van der Waals surface area contributed by atoms with Crippen molar-refractivity contribution in [2.24, 2.45) is 0 Å². The normalized spacial score (nSPS) is 11.6. The SMILES string of the molecule is CC(C)(C)OC(=O)n1c(BO)cc2c(-c3cccc(F)c3)cccc21. The van der Waals surface area contributed by atoms with Gasteiger partial charge in [-0.2, -0.15) is 0 Å². The Balaban J connectivity index is 2.20. The van der Waals surface area contributed by atoms with Crippen LogP contribution in [0.1, 0.15) is 20.8 Å². The van der Waals surface area contributed by atoms with Crippen LogP contribution in [0.3, 0.4) is 0 Å². The number of hydrogen-bond donors (Lipinski definition) is 1. The molecule has 3 rings (SSSR count). The molecule has 0 saturated heterocycles. The Morgan fingerprint density at radius 2 is 1.88 bits per heavy atom. The molecule has 1 aromatic heterocycles. The number of hydrogen-bond acceptors (Lipinski definition) is 3. The summed E-state index contributed by atoms with van der Waals surface area (Å²) in [6.07, 6.45) is -0.553. The summed E-state index contributed by atoms with van der Waals surface area (Å²) in [7, 11) is -0.309. The average molecular weight is 339 g/mol. The van der Waals surface area contributed by atoms with Gasteiger partial charge in [-0.1, -0.05) is 24.3 Å². The lowest BCUT2D eigenvalue weighted by atomic mass is 9.95. The zero-order valence-corrected chi connectivity index (χ0v) is 14.4. The number of nitrogens with zero attached hydrogens (tertiary/aromatic N) is 1. The highest BCUT2D eigenvalue weighted by atomic mass is 19.1. The molecule has 0 amide bonds. The van der Waals surface area contributed by atoms with E-state index >= 15 is 0 Å². The molecule has 0 aliphatic carbocycles. The van der Waals surface area contributed by atoms with Crippen LogP contribution in [0.2, 0.25) is 0 Å². The lowest BCUT2D eigenvalue weighted by molar-refractivity contribution is 0.0549. The number of halogens is 1. The standard InChI is InChI=1S/C19H19BFNO3/c1-19(2,3)25-18(23)22-16-9-5-8-14(15(16)11-17(22)20-24)12-6-4-7-13(21)10-12/h4-11,20,24H,1-3H3. The highest BCUT2D eigenvalue weighted by Gasteiger charge is 2.23. The first kappa shape index (κ1) is 17.2. The van der Waals surface area contributed by atoms with E-state index in [0.29, 0.717) is 16.7 Å². The Labute approximate surface area is 146 Å². The second-order valence-corrected chi connectivity index (χ2v) is 6.86. The van der Waals surface area contributed by atoms with Gasteiger partial charge >= 0.3 is 13.6 Å². The zero-order chi connectivity index (χ0) is 18.2. The summed E-state index contributed by atoms with van der Waals surface area (Å²) in [6.45, 7) is 5.36. The number of benzene rings is 2. The lowest BCUT2D eigenvalue weighted by Crippen LogP contribution is -2.34. The van der Waals surface area contributed by atoms with Crippen molar-refractivity contribution in [3.63, 3.8) is 0 Å². The van der Waals surface area contributed by atoms with Crippen LogP contribution in [0.4, 0.5) is 9.18 Å². The summed E-state index contributed by atoms with van der Waals surface area (Å²) >= 11 is 0. The Bertz CT molecular complexity index is 943. The summed E-state index contributed by atoms with van der Waals surface area (Å²) in [5, 5.41) is 10.4. The number of aromatic nitrogens is 1. The van der Waals surface area contributed by atoms with Gasteiger partial charge in [-0.25, -0.2) is 9.18 Å². The molecule has 0 saturated carbocycles. The molecular weight excluding hydrogens is 320 g/mol. The van der Waals surface area contributed by atoms with E-state index in [4.69, 9.17) is 4.74 Å². The zero-order valence-electron chi connectivity index (χ0n) is 14.4. The Hall–Kier alpha value is -2.60. The number of fused-ring (bicyclic) bond motifs is 1. The van der Waals surface area contributed by atoms with Crippen molar-refractivity contribution in [1.82, 2.24) is 4.57 Å². The van der Waals surface area contributed by atoms with E-state index < -0.39 is 11.7 Å². The maximum absolute atomic E-state index is 13.6. The third kappa shape index (κ3) is 3.44. The van der Waals surface area contributed by atoms with Crippen LogP contribution >= 0.6 is 0 Å². The molecule has 1 N–H and O–H groups in total. The predicted octanol–water partition coefficient (Wildman–Crippen LogP) is 3.20. The van der Waals surface area contributed by atoms with Crippen molar-refractivity contribution in [2.45, 2.75) is 26.4 Å². The molecule has 0 radical (unpaired) electrons. The molecule has 25 heavy (non-hydrogen) atoms. The van der Waals surface area contributed by atoms with Gasteiger partial charge in [0.2, 0.25) is 0 Å². The quantitative estimate of drug-likeness (QED) is 0.730. The van der Waals surface area contributed by atoms with Gasteiger partial charge in [-0.15, -0.1) is 0 Å². The van der Waals surface area contributed by atoms with Gasteiger partial charge in [0.1, 0.15) is 11.4 Å². The van der Waals surface area contributed by atoms with Crippen molar-refractivity contribution in [1.29, 1.82) is 0 Å². The number of ether oxygens (including phenoxy) is 1. The van der Waals surface area contributed by atoms with Gasteiger partial charge in [-0.3, -0.25) is 4.57 Å². The van der Waals surface area contributed by atoms with Crippen molar-refractivity contribution in [3.05, 3.63) is 54.3 Å². The van der Waals surface area contributed by atoms with Crippen molar-refractivity contribution >= 4 is 30.1 Å². The van der Waals surface area contributed by atoms with Gasteiger partial charge < -0.3 is 9.76 Å². The van der Waals surface area contributed by atoms with Crippen LogP contribution in [0.15, 0.2) is 48.5 Å². The summed E-state index contributed by atoms with van der Waals surface area (Å²) < 4.78 is 20.4. The van der Waals surface area contributed by atoms with Gasteiger partial charge in [0, 0.05) is 11.0 Å². The van der Waals surface area contributed by atoms with Crippen molar-refractivity contribution < 1.29 is 18.9 Å². The summed E-state index contributed by atoms with van der Waals surface area (Å²) in [6, 6.07) is 13.4. The van der Waals surface area contributed by atoms with E-state index in [9.17, 15) is 14.2 Å². The van der Waals surface area contributed by atoms with E-state index in [1.54, 1.807) is 51.1 Å². The van der Waals surface area contributed by atoms with Crippen molar-refractivity contribution in [2.75, 3.05) is 0 Å². The molecule has 0 atom stereocenters. The molecule has 0 bridgehead atoms. The third-order valence-electron chi connectivity index (χ3n) is 3.80. The van der Waals surface area contributed by atoms with Gasteiger partial charge in [0.05, 0.1) is 5.52 Å². The minimum absolute atomic E-state index is 0.309. The summed E-state index contributed by atoms with van der Waals surface area (Å²) in [4.78, 5) is 12.6. The van der Waals surface area contributed by atoms with Crippen LogP contribution in [0.5, 0.6) is 0 Å². The average Bonchev–Trinajstić information content (AvgIpc) is 2.91. The lowest BCUT2D eigenvalue weighted by Gasteiger charge is -2.20. The second-order valence-electron chi connectivity index (χ2n) is 6.86. The van der Waals surface area contributed by atoms with Gasteiger partial charge in [-0.05, 0) is 56.2 Å².